The molecule has 1 aliphatic rings. The molecule has 2 aromatic carbocycles. The van der Waals surface area contributed by atoms with Crippen LogP contribution in [-0.4, -0.2) is 43.4 Å². The van der Waals surface area contributed by atoms with Crippen LogP contribution in [0.25, 0.3) is 0 Å². The van der Waals surface area contributed by atoms with Crippen molar-refractivity contribution in [3.63, 3.8) is 0 Å². The second-order valence-corrected chi connectivity index (χ2v) is 9.91. The van der Waals surface area contributed by atoms with Gasteiger partial charge in [0.15, 0.2) is 0 Å². The van der Waals surface area contributed by atoms with E-state index >= 15 is 0 Å². The summed E-state index contributed by atoms with van der Waals surface area (Å²) in [5.41, 5.74) is 2.10. The zero-order valence-electron chi connectivity index (χ0n) is 20.6. The zero-order chi connectivity index (χ0) is 23.7. The number of rotatable bonds is 9. The molecule has 0 aliphatic carbocycles. The summed E-state index contributed by atoms with van der Waals surface area (Å²) in [6, 6.07) is 16.6. The summed E-state index contributed by atoms with van der Waals surface area (Å²) in [6.45, 7) is 7.79. The van der Waals surface area contributed by atoms with Crippen LogP contribution >= 0.6 is 0 Å². The minimum Gasteiger partial charge on any atom is -0.497 e. The van der Waals surface area contributed by atoms with Crippen molar-refractivity contribution in [2.45, 2.75) is 64.9 Å². The summed E-state index contributed by atoms with van der Waals surface area (Å²) in [7, 11) is 1.71. The quantitative estimate of drug-likeness (QED) is 0.419. The molecule has 0 bridgehead atoms. The van der Waals surface area contributed by atoms with Crippen molar-refractivity contribution in [2.75, 3.05) is 26.8 Å². The number of carbonyl (C=O) groups is 1. The molecule has 1 atom stereocenters. The molecule has 0 unspecified atom stereocenters. The number of carbonyl (C=O) groups excluding carboxylic acids is 1. The molecular weight excluding hydrogens is 414 g/mol. The van der Waals surface area contributed by atoms with Crippen LogP contribution in [0, 0.1) is 5.92 Å². The van der Waals surface area contributed by atoms with Crippen LogP contribution in [-0.2, 0) is 17.6 Å². The highest BCUT2D eigenvalue weighted by Crippen LogP contribution is 2.24. The summed E-state index contributed by atoms with van der Waals surface area (Å²) in [4.78, 5) is 14.3. The topological polar surface area (TPSA) is 48.0 Å². The molecule has 0 radical (unpaired) electrons. The lowest BCUT2D eigenvalue weighted by Gasteiger charge is -2.34. The van der Waals surface area contributed by atoms with Gasteiger partial charge < -0.3 is 19.1 Å². The molecule has 0 N–H and O–H groups in total. The smallest absolute Gasteiger partial charge is 0.410 e. The van der Waals surface area contributed by atoms with Gasteiger partial charge in [-0.15, -0.1) is 0 Å². The van der Waals surface area contributed by atoms with E-state index in [9.17, 15) is 4.79 Å². The van der Waals surface area contributed by atoms with E-state index in [0.29, 0.717) is 19.1 Å². The normalized spacial score (nSPS) is 16.4. The Labute approximate surface area is 199 Å². The fraction of sp³-hybridized carbons (Fsp3) is 0.536. The molecule has 33 heavy (non-hydrogen) atoms. The van der Waals surface area contributed by atoms with E-state index in [0.717, 1.165) is 56.6 Å². The Balaban J connectivity index is 1.46. The van der Waals surface area contributed by atoms with Gasteiger partial charge in [-0.05, 0) is 88.6 Å². The largest absolute Gasteiger partial charge is 0.497 e. The fourth-order valence-electron chi connectivity index (χ4n) is 4.22. The molecule has 1 amide bonds. The second-order valence-electron chi connectivity index (χ2n) is 9.91. The van der Waals surface area contributed by atoms with Crippen LogP contribution in [0.1, 0.15) is 57.6 Å². The summed E-state index contributed by atoms with van der Waals surface area (Å²) in [5.74, 6) is 2.21. The van der Waals surface area contributed by atoms with E-state index in [1.165, 1.54) is 11.1 Å². The standard InChI is InChI=1S/C28H39NO4/c1-28(2,3)33-27(30)29-18-10-13-23(20-29)21-32-26-17-8-7-15-24(26)14-6-5-11-22-12-9-16-25(19-22)31-4/h7-9,12,15-17,19,23H,5-6,10-11,13-14,18,20-21H2,1-4H3/t23-/m0/s1. The molecule has 1 aliphatic heterocycles. The number of piperidine rings is 1. The van der Waals surface area contributed by atoms with Crippen LogP contribution in [0.3, 0.4) is 0 Å². The molecule has 180 valence electrons. The Kier molecular flexibility index (Phi) is 9.04. The second kappa shape index (κ2) is 12.0. The van der Waals surface area contributed by atoms with E-state index in [1.807, 2.05) is 43.9 Å². The highest BCUT2D eigenvalue weighted by molar-refractivity contribution is 5.68. The maximum atomic E-state index is 12.4. The number of ether oxygens (including phenoxy) is 3. The predicted octanol–water partition coefficient (Wildman–Crippen LogP) is 6.29. The van der Waals surface area contributed by atoms with Crippen molar-refractivity contribution >= 4 is 6.09 Å². The lowest BCUT2D eigenvalue weighted by Crippen LogP contribution is -2.44. The molecule has 0 spiro atoms. The van der Waals surface area contributed by atoms with Crippen molar-refractivity contribution < 1.29 is 19.0 Å². The third-order valence-electron chi connectivity index (χ3n) is 5.91. The number of nitrogens with zero attached hydrogens (tertiary/aromatic N) is 1. The summed E-state index contributed by atoms with van der Waals surface area (Å²) < 4.78 is 17.1. The number of methoxy groups -OCH3 is 1. The predicted molar refractivity (Wildman–Crippen MR) is 132 cm³/mol. The van der Waals surface area contributed by atoms with E-state index in [-0.39, 0.29) is 6.09 Å². The number of amides is 1. The molecule has 1 fully saturated rings. The van der Waals surface area contributed by atoms with E-state index in [4.69, 9.17) is 14.2 Å². The molecular formula is C28H39NO4. The number of benzene rings is 2. The molecule has 1 saturated heterocycles. The van der Waals surface area contributed by atoms with Gasteiger partial charge >= 0.3 is 6.09 Å². The highest BCUT2D eigenvalue weighted by Gasteiger charge is 2.28. The number of hydrogen-bond acceptors (Lipinski definition) is 4. The monoisotopic (exact) mass is 453 g/mol. The average Bonchev–Trinajstić information content (AvgIpc) is 2.80. The average molecular weight is 454 g/mol. The van der Waals surface area contributed by atoms with Crippen LogP contribution < -0.4 is 9.47 Å². The Morgan fingerprint density at radius 3 is 2.64 bits per heavy atom. The maximum absolute atomic E-state index is 12.4. The lowest BCUT2D eigenvalue weighted by molar-refractivity contribution is 0.0139. The van der Waals surface area contributed by atoms with Crippen molar-refractivity contribution in [3.8, 4) is 11.5 Å². The van der Waals surface area contributed by atoms with Crippen molar-refractivity contribution in [1.29, 1.82) is 0 Å². The third kappa shape index (κ3) is 8.30. The number of aryl methyl sites for hydroxylation is 2. The van der Waals surface area contributed by atoms with E-state index in [2.05, 4.69) is 30.3 Å². The molecule has 5 heteroatoms. The molecule has 5 nitrogen and oxygen atoms in total. The lowest BCUT2D eigenvalue weighted by atomic mass is 9.99. The van der Waals surface area contributed by atoms with Crippen LogP contribution in [0.15, 0.2) is 48.5 Å². The van der Waals surface area contributed by atoms with Crippen molar-refractivity contribution in [2.24, 2.45) is 5.92 Å². The van der Waals surface area contributed by atoms with Gasteiger partial charge in [-0.2, -0.15) is 0 Å². The molecule has 2 aromatic rings. The van der Waals surface area contributed by atoms with E-state index < -0.39 is 5.60 Å². The minimum absolute atomic E-state index is 0.219. The molecule has 1 heterocycles. The Morgan fingerprint density at radius 2 is 1.85 bits per heavy atom. The minimum atomic E-state index is -0.466. The van der Waals surface area contributed by atoms with E-state index in [1.54, 1.807) is 7.11 Å². The van der Waals surface area contributed by atoms with Gasteiger partial charge in [-0.1, -0.05) is 30.3 Å². The Morgan fingerprint density at radius 1 is 1.06 bits per heavy atom. The van der Waals surface area contributed by atoms with Crippen LogP contribution in [0.4, 0.5) is 4.79 Å². The molecule has 0 aromatic heterocycles. The van der Waals surface area contributed by atoms with Gasteiger partial charge in [-0.25, -0.2) is 4.79 Å². The zero-order valence-corrected chi connectivity index (χ0v) is 20.6. The molecule has 3 rings (SSSR count). The Bertz CT molecular complexity index is 889. The first-order valence-electron chi connectivity index (χ1n) is 12.2. The number of unbranched alkanes of at least 4 members (excludes halogenated alkanes) is 1. The first kappa shape index (κ1) is 24.9. The van der Waals surface area contributed by atoms with Gasteiger partial charge in [-0.3, -0.25) is 0 Å². The van der Waals surface area contributed by atoms with Crippen LogP contribution in [0.2, 0.25) is 0 Å². The third-order valence-corrected chi connectivity index (χ3v) is 5.91. The maximum Gasteiger partial charge on any atom is 0.410 e. The fourth-order valence-corrected chi connectivity index (χ4v) is 4.22. The molecule has 0 saturated carbocycles. The SMILES string of the molecule is COc1cccc(CCCCc2ccccc2OC[C@H]2CCCN(C(=O)OC(C)(C)C)C2)c1. The highest BCUT2D eigenvalue weighted by atomic mass is 16.6. The number of likely N-dealkylation sites (tertiary alicyclic amines) is 1. The number of para-hydroxylation sites is 1. The van der Waals surface area contributed by atoms with Crippen molar-refractivity contribution in [1.82, 2.24) is 4.90 Å². The summed E-state index contributed by atoms with van der Waals surface area (Å²) in [6.07, 6.45) is 6.10. The summed E-state index contributed by atoms with van der Waals surface area (Å²) >= 11 is 0. The van der Waals surface area contributed by atoms with Crippen LogP contribution in [0.5, 0.6) is 11.5 Å². The van der Waals surface area contributed by atoms with Gasteiger partial charge in [0.05, 0.1) is 13.7 Å². The van der Waals surface area contributed by atoms with Gasteiger partial charge in [0.25, 0.3) is 0 Å². The van der Waals surface area contributed by atoms with Gasteiger partial charge in [0.2, 0.25) is 0 Å². The first-order valence-corrected chi connectivity index (χ1v) is 12.2. The summed E-state index contributed by atoms with van der Waals surface area (Å²) in [5, 5.41) is 0. The van der Waals surface area contributed by atoms with Gasteiger partial charge in [0.1, 0.15) is 17.1 Å². The van der Waals surface area contributed by atoms with Crippen molar-refractivity contribution in [3.05, 3.63) is 59.7 Å². The first-order chi connectivity index (χ1) is 15.8. The Hall–Kier alpha value is -2.69. The van der Waals surface area contributed by atoms with Gasteiger partial charge in [0, 0.05) is 19.0 Å². The number of hydrogen-bond donors (Lipinski definition) is 0.